The largest absolute Gasteiger partial charge is 0.325 e. The van der Waals surface area contributed by atoms with Crippen LogP contribution in [0, 0.1) is 5.92 Å². The van der Waals surface area contributed by atoms with Crippen LogP contribution in [-0.4, -0.2) is 5.54 Å². The molecule has 0 aromatic carbocycles. The molecule has 2 atom stereocenters. The molecule has 0 amide bonds. The summed E-state index contributed by atoms with van der Waals surface area (Å²) in [7, 11) is 0. The Kier molecular flexibility index (Phi) is 3.57. The lowest BCUT2D eigenvalue weighted by molar-refractivity contribution is 0.207. The smallest absolute Gasteiger partial charge is 0.0156 e. The van der Waals surface area contributed by atoms with Crippen molar-refractivity contribution in [2.75, 3.05) is 0 Å². The molecule has 0 spiro atoms. The van der Waals surface area contributed by atoms with Crippen molar-refractivity contribution in [3.8, 4) is 0 Å². The zero-order valence-electron chi connectivity index (χ0n) is 8.60. The lowest BCUT2D eigenvalue weighted by atomic mass is 9.73. The molecule has 2 unspecified atom stereocenters. The highest BCUT2D eigenvalue weighted by molar-refractivity contribution is 4.89. The summed E-state index contributed by atoms with van der Waals surface area (Å²) in [6, 6.07) is 0. The fraction of sp³-hybridized carbons (Fsp3) is 1.00. The third-order valence-corrected chi connectivity index (χ3v) is 3.31. The molecule has 2 N–H and O–H groups in total. The zero-order valence-corrected chi connectivity index (χ0v) is 8.60. The lowest BCUT2D eigenvalue weighted by Crippen LogP contribution is -2.44. The summed E-state index contributed by atoms with van der Waals surface area (Å²) in [5.74, 6) is 0.912. The fourth-order valence-electron chi connectivity index (χ4n) is 2.60. The predicted octanol–water partition coefficient (Wildman–Crippen LogP) is 3.08. The van der Waals surface area contributed by atoms with Gasteiger partial charge >= 0.3 is 0 Å². The highest BCUT2D eigenvalue weighted by Crippen LogP contribution is 2.34. The fourth-order valence-corrected chi connectivity index (χ4v) is 2.60. The monoisotopic (exact) mass is 169 g/mol. The van der Waals surface area contributed by atoms with E-state index in [-0.39, 0.29) is 5.54 Å². The van der Waals surface area contributed by atoms with Gasteiger partial charge in [0, 0.05) is 5.54 Å². The molecule has 1 heteroatoms. The Bertz CT molecular complexity index is 129. The molecule has 0 bridgehead atoms. The Morgan fingerprint density at radius 1 is 1.42 bits per heavy atom. The van der Waals surface area contributed by atoms with Gasteiger partial charge in [0.1, 0.15) is 0 Å². The Morgan fingerprint density at radius 2 is 2.17 bits per heavy atom. The van der Waals surface area contributed by atoms with Gasteiger partial charge in [0.25, 0.3) is 0 Å². The molecular weight excluding hydrogens is 146 g/mol. The minimum absolute atomic E-state index is 0.202. The van der Waals surface area contributed by atoms with Gasteiger partial charge < -0.3 is 5.73 Å². The maximum atomic E-state index is 6.34. The van der Waals surface area contributed by atoms with Crippen molar-refractivity contribution in [3.63, 3.8) is 0 Å². The van der Waals surface area contributed by atoms with E-state index in [9.17, 15) is 0 Å². The van der Waals surface area contributed by atoms with Gasteiger partial charge in [0.15, 0.2) is 0 Å². The van der Waals surface area contributed by atoms with E-state index in [0.717, 1.165) is 5.92 Å². The molecule has 1 aliphatic rings. The zero-order chi connectivity index (χ0) is 9.03. The Labute approximate surface area is 76.7 Å². The first kappa shape index (κ1) is 10.0. The number of hydrogen-bond acceptors (Lipinski definition) is 1. The maximum Gasteiger partial charge on any atom is 0.0156 e. The number of rotatable bonds is 3. The molecule has 72 valence electrons. The van der Waals surface area contributed by atoms with E-state index in [1.165, 1.54) is 44.9 Å². The van der Waals surface area contributed by atoms with Gasteiger partial charge in [0.05, 0.1) is 0 Å². The first-order valence-corrected chi connectivity index (χ1v) is 5.49. The summed E-state index contributed by atoms with van der Waals surface area (Å²) in [6.45, 7) is 4.53. The summed E-state index contributed by atoms with van der Waals surface area (Å²) in [5, 5.41) is 0. The summed E-state index contributed by atoms with van der Waals surface area (Å²) in [4.78, 5) is 0. The molecule has 1 aliphatic carbocycles. The van der Waals surface area contributed by atoms with Crippen molar-refractivity contribution in [1.29, 1.82) is 0 Å². The van der Waals surface area contributed by atoms with Crippen LogP contribution < -0.4 is 5.73 Å². The second-order valence-corrected chi connectivity index (χ2v) is 4.48. The molecule has 1 saturated carbocycles. The Morgan fingerprint density at radius 3 is 2.75 bits per heavy atom. The van der Waals surface area contributed by atoms with E-state index in [4.69, 9.17) is 5.73 Å². The van der Waals surface area contributed by atoms with Crippen LogP contribution in [0.25, 0.3) is 0 Å². The number of hydrogen-bond donors (Lipinski definition) is 1. The van der Waals surface area contributed by atoms with Crippen LogP contribution in [0.3, 0.4) is 0 Å². The molecule has 0 aromatic heterocycles. The molecule has 0 aliphatic heterocycles. The lowest BCUT2D eigenvalue weighted by Gasteiger charge is -2.37. The Hall–Kier alpha value is -0.0400. The van der Waals surface area contributed by atoms with Crippen LogP contribution in [0.5, 0.6) is 0 Å². The highest BCUT2D eigenvalue weighted by Gasteiger charge is 2.30. The third-order valence-electron chi connectivity index (χ3n) is 3.31. The molecule has 1 rings (SSSR count). The molecule has 12 heavy (non-hydrogen) atoms. The van der Waals surface area contributed by atoms with Crippen LogP contribution in [0.15, 0.2) is 0 Å². The van der Waals surface area contributed by atoms with Gasteiger partial charge in [-0.25, -0.2) is 0 Å². The van der Waals surface area contributed by atoms with Gasteiger partial charge in [-0.3, -0.25) is 0 Å². The molecular formula is C11H23N. The molecule has 0 aromatic rings. The molecule has 0 heterocycles. The van der Waals surface area contributed by atoms with Crippen molar-refractivity contribution in [3.05, 3.63) is 0 Å². The van der Waals surface area contributed by atoms with Gasteiger partial charge in [-0.2, -0.15) is 0 Å². The van der Waals surface area contributed by atoms with Crippen LogP contribution >= 0.6 is 0 Å². The standard InChI is InChI=1S/C11H23N/c1-3-7-11(12)8-5-6-10(4-2)9-11/h10H,3-9,12H2,1-2H3. The minimum atomic E-state index is 0.202. The predicted molar refractivity (Wildman–Crippen MR) is 54.1 cm³/mol. The van der Waals surface area contributed by atoms with Crippen molar-refractivity contribution in [2.24, 2.45) is 11.7 Å². The topological polar surface area (TPSA) is 26.0 Å². The highest BCUT2D eigenvalue weighted by atomic mass is 14.7. The van der Waals surface area contributed by atoms with E-state index < -0.39 is 0 Å². The van der Waals surface area contributed by atoms with E-state index in [0.29, 0.717) is 0 Å². The van der Waals surface area contributed by atoms with Gasteiger partial charge in [-0.1, -0.05) is 39.5 Å². The number of nitrogens with two attached hydrogens (primary N) is 1. The van der Waals surface area contributed by atoms with E-state index in [1.54, 1.807) is 0 Å². The van der Waals surface area contributed by atoms with Crippen LogP contribution in [0.1, 0.15) is 58.8 Å². The molecule has 1 nitrogen and oxygen atoms in total. The van der Waals surface area contributed by atoms with Crippen LogP contribution in [0.2, 0.25) is 0 Å². The van der Waals surface area contributed by atoms with Crippen LogP contribution in [-0.2, 0) is 0 Å². The molecule has 0 saturated heterocycles. The average molecular weight is 169 g/mol. The van der Waals surface area contributed by atoms with E-state index in [1.807, 2.05) is 0 Å². The quantitative estimate of drug-likeness (QED) is 0.690. The van der Waals surface area contributed by atoms with E-state index in [2.05, 4.69) is 13.8 Å². The van der Waals surface area contributed by atoms with E-state index >= 15 is 0 Å². The third kappa shape index (κ3) is 2.48. The van der Waals surface area contributed by atoms with Gasteiger partial charge in [0.2, 0.25) is 0 Å². The molecule has 1 fully saturated rings. The second-order valence-electron chi connectivity index (χ2n) is 4.48. The van der Waals surface area contributed by atoms with Crippen molar-refractivity contribution in [2.45, 2.75) is 64.3 Å². The summed E-state index contributed by atoms with van der Waals surface area (Å²) >= 11 is 0. The van der Waals surface area contributed by atoms with Crippen LogP contribution in [0.4, 0.5) is 0 Å². The summed E-state index contributed by atoms with van der Waals surface area (Å²) in [5.41, 5.74) is 6.54. The first-order chi connectivity index (χ1) is 5.70. The first-order valence-electron chi connectivity index (χ1n) is 5.49. The minimum Gasteiger partial charge on any atom is -0.325 e. The maximum absolute atomic E-state index is 6.34. The second kappa shape index (κ2) is 4.27. The average Bonchev–Trinajstić information content (AvgIpc) is 2.04. The molecule has 0 radical (unpaired) electrons. The SMILES string of the molecule is CCCC1(N)CCCC(CC)C1. The normalized spacial score (nSPS) is 36.8. The Balaban J connectivity index is 2.43. The summed E-state index contributed by atoms with van der Waals surface area (Å²) in [6.07, 6.45) is 9.10. The van der Waals surface area contributed by atoms with Crippen molar-refractivity contribution in [1.82, 2.24) is 0 Å². The van der Waals surface area contributed by atoms with Crippen molar-refractivity contribution >= 4 is 0 Å². The summed E-state index contributed by atoms with van der Waals surface area (Å²) < 4.78 is 0. The van der Waals surface area contributed by atoms with Gasteiger partial charge in [-0.05, 0) is 25.2 Å². The van der Waals surface area contributed by atoms with Gasteiger partial charge in [-0.15, -0.1) is 0 Å². The van der Waals surface area contributed by atoms with Crippen molar-refractivity contribution < 1.29 is 0 Å².